The predicted molar refractivity (Wildman–Crippen MR) is 92.7 cm³/mol. The van der Waals surface area contributed by atoms with Crippen LogP contribution < -0.4 is 10.6 Å². The Morgan fingerprint density at radius 2 is 1.64 bits per heavy atom. The molecule has 2 bridgehead atoms. The predicted octanol–water partition coefficient (Wildman–Crippen LogP) is 1.52. The molecule has 0 aromatic heterocycles. The smallest absolute Gasteiger partial charge is 0.356 e. The van der Waals surface area contributed by atoms with Gasteiger partial charge < -0.3 is 10.6 Å². The summed E-state index contributed by atoms with van der Waals surface area (Å²) in [5.74, 6) is -0.0414. The van der Waals surface area contributed by atoms with Gasteiger partial charge in [0.05, 0.1) is 5.92 Å². The number of rotatable bonds is 4. The van der Waals surface area contributed by atoms with Crippen LogP contribution in [0.2, 0.25) is 0 Å². The fourth-order valence-corrected chi connectivity index (χ4v) is 4.29. The maximum absolute atomic E-state index is 12.7. The molecule has 0 aromatic rings. The first-order valence-corrected chi connectivity index (χ1v) is 9.43. The number of fused-ring (bicyclic) bond motifs is 3. The summed E-state index contributed by atoms with van der Waals surface area (Å²) in [6.07, 6.45) is -2.23. The number of hydrogen-bond donors (Lipinski definition) is 2. The molecule has 3 heterocycles. The van der Waals surface area contributed by atoms with E-state index in [1.807, 2.05) is 0 Å². The van der Waals surface area contributed by atoms with Crippen molar-refractivity contribution in [3.05, 3.63) is 0 Å². The second kappa shape index (κ2) is 8.12. The molecule has 3 aliphatic heterocycles. The number of halogens is 3. The van der Waals surface area contributed by atoms with E-state index in [2.05, 4.69) is 25.4 Å². The Labute approximate surface area is 148 Å². The highest BCUT2D eigenvalue weighted by Crippen LogP contribution is 2.39. The van der Waals surface area contributed by atoms with E-state index >= 15 is 0 Å². The van der Waals surface area contributed by atoms with E-state index in [9.17, 15) is 13.2 Å². The van der Waals surface area contributed by atoms with Crippen LogP contribution in [0.1, 0.15) is 25.7 Å². The van der Waals surface area contributed by atoms with Crippen LogP contribution in [-0.2, 0) is 0 Å². The lowest BCUT2D eigenvalue weighted by Gasteiger charge is -2.47. The number of piperazine rings is 3. The molecule has 4 fully saturated rings. The Morgan fingerprint density at radius 3 is 2.16 bits per heavy atom. The van der Waals surface area contributed by atoms with Gasteiger partial charge in [0.15, 0.2) is 5.96 Å². The zero-order chi connectivity index (χ0) is 17.9. The molecule has 4 aliphatic rings. The van der Waals surface area contributed by atoms with E-state index < -0.39 is 12.1 Å². The molecule has 0 aromatic carbocycles. The van der Waals surface area contributed by atoms with Crippen molar-refractivity contribution in [2.45, 2.75) is 37.9 Å². The van der Waals surface area contributed by atoms with E-state index in [0.29, 0.717) is 31.3 Å². The minimum Gasteiger partial charge on any atom is -0.356 e. The Bertz CT molecular complexity index is 452. The maximum atomic E-state index is 12.7. The van der Waals surface area contributed by atoms with Crippen LogP contribution in [0.3, 0.4) is 0 Å². The van der Waals surface area contributed by atoms with Gasteiger partial charge in [-0.25, -0.2) is 0 Å². The van der Waals surface area contributed by atoms with E-state index in [1.54, 1.807) is 7.05 Å². The summed E-state index contributed by atoms with van der Waals surface area (Å²) in [4.78, 5) is 9.28. The van der Waals surface area contributed by atoms with E-state index in [1.165, 1.54) is 13.1 Å². The molecule has 0 spiro atoms. The summed E-state index contributed by atoms with van der Waals surface area (Å²) in [5.41, 5.74) is 0. The first-order valence-electron chi connectivity index (χ1n) is 9.43. The standard InChI is InChI=1S/C17H30F3N5/c1-21-16(23-11-15-12-24-6-8-25(15)9-7-24)22-10-13-2-4-14(5-3-13)17(18,19)20/h13-15H,2-12H2,1H3,(H2,21,22,23). The first-order chi connectivity index (χ1) is 12.0. The Morgan fingerprint density at radius 1 is 1.00 bits per heavy atom. The van der Waals surface area contributed by atoms with Gasteiger partial charge in [-0.1, -0.05) is 0 Å². The van der Waals surface area contributed by atoms with Crippen LogP contribution >= 0.6 is 0 Å². The molecule has 3 saturated heterocycles. The second-order valence-electron chi connectivity index (χ2n) is 7.58. The van der Waals surface area contributed by atoms with Crippen LogP contribution in [0.25, 0.3) is 0 Å². The summed E-state index contributed by atoms with van der Waals surface area (Å²) in [6, 6.07) is 0.517. The minimum atomic E-state index is -4.03. The Hall–Kier alpha value is -1.02. The van der Waals surface area contributed by atoms with Gasteiger partial charge in [0.2, 0.25) is 0 Å². The van der Waals surface area contributed by atoms with Crippen molar-refractivity contribution < 1.29 is 13.2 Å². The molecule has 25 heavy (non-hydrogen) atoms. The lowest BCUT2D eigenvalue weighted by Crippen LogP contribution is -2.63. The lowest BCUT2D eigenvalue weighted by molar-refractivity contribution is -0.183. The maximum Gasteiger partial charge on any atom is 0.391 e. The molecule has 1 unspecified atom stereocenters. The number of alkyl halides is 3. The number of guanidine groups is 1. The molecule has 1 saturated carbocycles. The van der Waals surface area contributed by atoms with E-state index in [4.69, 9.17) is 0 Å². The van der Waals surface area contributed by atoms with Crippen LogP contribution in [0, 0.1) is 11.8 Å². The molecule has 2 N–H and O–H groups in total. The minimum absolute atomic E-state index is 0.259. The summed E-state index contributed by atoms with van der Waals surface area (Å²) in [6.45, 7) is 7.28. The van der Waals surface area contributed by atoms with Gasteiger partial charge in [0.25, 0.3) is 0 Å². The van der Waals surface area contributed by atoms with Crippen LogP contribution in [0.5, 0.6) is 0 Å². The third-order valence-corrected chi connectivity index (χ3v) is 5.99. The molecule has 0 radical (unpaired) electrons. The second-order valence-corrected chi connectivity index (χ2v) is 7.58. The molecular formula is C17H30F3N5. The van der Waals surface area contributed by atoms with Gasteiger partial charge >= 0.3 is 6.18 Å². The summed E-state index contributed by atoms with van der Waals surface area (Å²) >= 11 is 0. The summed E-state index contributed by atoms with van der Waals surface area (Å²) in [5, 5.41) is 6.69. The van der Waals surface area contributed by atoms with Crippen molar-refractivity contribution in [1.29, 1.82) is 0 Å². The van der Waals surface area contributed by atoms with Crippen molar-refractivity contribution in [1.82, 2.24) is 20.4 Å². The summed E-state index contributed by atoms with van der Waals surface area (Å²) in [7, 11) is 1.74. The quantitative estimate of drug-likeness (QED) is 0.589. The van der Waals surface area contributed by atoms with Crippen molar-refractivity contribution in [3.63, 3.8) is 0 Å². The highest BCUT2D eigenvalue weighted by molar-refractivity contribution is 5.79. The molecule has 1 aliphatic carbocycles. The Kier molecular flexibility index (Phi) is 6.09. The number of aliphatic imine (C=N–C) groups is 1. The van der Waals surface area contributed by atoms with Gasteiger partial charge in [-0.05, 0) is 31.6 Å². The SMILES string of the molecule is CN=C(NCC1CCC(C(F)(F)F)CC1)NCC1CN2CCN1CC2. The zero-order valence-electron chi connectivity index (χ0n) is 15.0. The number of nitrogens with zero attached hydrogens (tertiary/aromatic N) is 3. The van der Waals surface area contributed by atoms with Crippen LogP contribution in [0.15, 0.2) is 4.99 Å². The molecule has 8 heteroatoms. The van der Waals surface area contributed by atoms with E-state index in [-0.39, 0.29) is 12.8 Å². The topological polar surface area (TPSA) is 42.9 Å². The average Bonchev–Trinajstić information content (AvgIpc) is 2.62. The Balaban J connectivity index is 1.36. The van der Waals surface area contributed by atoms with Gasteiger partial charge in [0.1, 0.15) is 0 Å². The normalized spacial score (nSPS) is 36.3. The highest BCUT2D eigenvalue weighted by Gasteiger charge is 2.41. The fourth-order valence-electron chi connectivity index (χ4n) is 4.29. The largest absolute Gasteiger partial charge is 0.391 e. The molecule has 1 atom stereocenters. The van der Waals surface area contributed by atoms with Gasteiger partial charge in [-0.3, -0.25) is 14.8 Å². The highest BCUT2D eigenvalue weighted by atomic mass is 19.4. The van der Waals surface area contributed by atoms with Crippen molar-refractivity contribution in [2.75, 3.05) is 52.9 Å². The lowest BCUT2D eigenvalue weighted by atomic mass is 9.81. The first kappa shape index (κ1) is 18.8. The zero-order valence-corrected chi connectivity index (χ0v) is 15.0. The molecule has 5 nitrogen and oxygen atoms in total. The molecular weight excluding hydrogens is 331 g/mol. The van der Waals surface area contributed by atoms with Crippen LogP contribution in [0.4, 0.5) is 13.2 Å². The third-order valence-electron chi connectivity index (χ3n) is 5.99. The van der Waals surface area contributed by atoms with Crippen molar-refractivity contribution in [2.24, 2.45) is 16.8 Å². The van der Waals surface area contributed by atoms with Gasteiger partial charge in [-0.2, -0.15) is 13.2 Å². The van der Waals surface area contributed by atoms with Crippen molar-refractivity contribution >= 4 is 5.96 Å². The monoisotopic (exact) mass is 361 g/mol. The van der Waals surface area contributed by atoms with Crippen LogP contribution in [-0.4, -0.2) is 80.8 Å². The van der Waals surface area contributed by atoms with Gasteiger partial charge in [0, 0.05) is 58.9 Å². The average molecular weight is 361 g/mol. The number of nitrogens with one attached hydrogen (secondary N) is 2. The number of hydrogen-bond acceptors (Lipinski definition) is 3. The summed E-state index contributed by atoms with van der Waals surface area (Å²) < 4.78 is 38.2. The molecule has 0 amide bonds. The van der Waals surface area contributed by atoms with E-state index in [0.717, 1.165) is 32.1 Å². The third kappa shape index (κ3) is 5.00. The fraction of sp³-hybridized carbons (Fsp3) is 0.941. The van der Waals surface area contributed by atoms with Crippen molar-refractivity contribution in [3.8, 4) is 0 Å². The molecule has 144 valence electrons. The van der Waals surface area contributed by atoms with Gasteiger partial charge in [-0.15, -0.1) is 0 Å². The molecule has 4 rings (SSSR count).